The normalized spacial score (nSPS) is 12.6. The van der Waals surface area contributed by atoms with E-state index >= 15 is 0 Å². The molecule has 0 aliphatic carbocycles. The van der Waals surface area contributed by atoms with Crippen LogP contribution in [0.4, 0.5) is 0 Å². The van der Waals surface area contributed by atoms with E-state index in [4.69, 9.17) is 9.47 Å². The highest BCUT2D eigenvalue weighted by atomic mass is 32.2. The average molecular weight is 460 g/mol. The van der Waals surface area contributed by atoms with Crippen molar-refractivity contribution in [2.45, 2.75) is 4.90 Å². The topological polar surface area (TPSA) is 89.0 Å². The molecule has 2 amide bonds. The monoisotopic (exact) mass is 459 g/mol. The largest absolute Gasteiger partial charge is 0.454 e. The predicted molar refractivity (Wildman–Crippen MR) is 128 cm³/mol. The van der Waals surface area contributed by atoms with Crippen molar-refractivity contribution in [1.29, 1.82) is 0 Å². The number of amides is 2. The first kappa shape index (κ1) is 22.2. The van der Waals surface area contributed by atoms with E-state index < -0.39 is 11.8 Å². The number of rotatable bonds is 7. The Kier molecular flexibility index (Phi) is 7.06. The molecular formula is C25H21N3O4S. The number of hydrogen-bond acceptors (Lipinski definition) is 6. The van der Waals surface area contributed by atoms with Gasteiger partial charge in [-0.3, -0.25) is 9.59 Å². The Hall–Kier alpha value is -4.04. The van der Waals surface area contributed by atoms with Crippen LogP contribution >= 0.6 is 11.8 Å². The lowest BCUT2D eigenvalue weighted by molar-refractivity contribution is -0.117. The van der Waals surface area contributed by atoms with E-state index in [0.29, 0.717) is 22.6 Å². The Morgan fingerprint density at radius 2 is 1.67 bits per heavy atom. The van der Waals surface area contributed by atoms with Crippen molar-refractivity contribution >= 4 is 35.9 Å². The van der Waals surface area contributed by atoms with E-state index in [0.717, 1.165) is 10.5 Å². The number of hydrazone groups is 1. The molecule has 0 fully saturated rings. The van der Waals surface area contributed by atoms with Crippen molar-refractivity contribution in [2.24, 2.45) is 5.10 Å². The lowest BCUT2D eigenvalue weighted by Crippen LogP contribution is -2.32. The number of hydrogen-bond donors (Lipinski definition) is 2. The van der Waals surface area contributed by atoms with Gasteiger partial charge in [0.15, 0.2) is 11.5 Å². The highest BCUT2D eigenvalue weighted by Crippen LogP contribution is 2.33. The Morgan fingerprint density at radius 3 is 2.42 bits per heavy atom. The number of ether oxygens (including phenoxy) is 2. The Balaban J connectivity index is 1.53. The van der Waals surface area contributed by atoms with Crippen LogP contribution in [0.5, 0.6) is 11.5 Å². The summed E-state index contributed by atoms with van der Waals surface area (Å²) < 4.78 is 10.7. The number of thioether (sulfide) groups is 1. The number of fused-ring (bicyclic) bond motifs is 1. The number of carbonyl (C=O) groups excluding carboxylic acids is 2. The van der Waals surface area contributed by atoms with Crippen LogP contribution in [0.3, 0.4) is 0 Å². The van der Waals surface area contributed by atoms with Crippen LogP contribution in [0.2, 0.25) is 0 Å². The summed E-state index contributed by atoms with van der Waals surface area (Å²) in [5, 5.41) is 6.70. The molecule has 0 aromatic heterocycles. The number of carbonyl (C=O) groups is 2. The number of benzene rings is 3. The third-order valence-corrected chi connectivity index (χ3v) is 5.48. The molecule has 7 nitrogen and oxygen atoms in total. The summed E-state index contributed by atoms with van der Waals surface area (Å²) in [6.07, 6.45) is 5.10. The molecule has 0 atom stereocenters. The van der Waals surface area contributed by atoms with Crippen molar-refractivity contribution in [3.05, 3.63) is 95.2 Å². The molecule has 33 heavy (non-hydrogen) atoms. The molecule has 3 aromatic rings. The maximum Gasteiger partial charge on any atom is 0.287 e. The zero-order valence-electron chi connectivity index (χ0n) is 17.8. The van der Waals surface area contributed by atoms with Gasteiger partial charge in [0.2, 0.25) is 6.79 Å². The van der Waals surface area contributed by atoms with Crippen LogP contribution in [0.25, 0.3) is 6.08 Å². The van der Waals surface area contributed by atoms with E-state index in [9.17, 15) is 9.59 Å². The summed E-state index contributed by atoms with van der Waals surface area (Å²) in [6.45, 7) is 0.146. The van der Waals surface area contributed by atoms with Gasteiger partial charge in [0.05, 0.1) is 6.21 Å². The SMILES string of the molecule is CSc1ccc(/C=N\NC(=O)/C(=C/c2ccc3c(c2)OCO3)NC(=O)c2ccccc2)cc1. The molecule has 0 spiro atoms. The van der Waals surface area contributed by atoms with Crippen molar-refractivity contribution in [1.82, 2.24) is 10.7 Å². The molecular weight excluding hydrogens is 438 g/mol. The molecule has 0 saturated carbocycles. The fourth-order valence-corrected chi connectivity index (χ4v) is 3.44. The van der Waals surface area contributed by atoms with Gasteiger partial charge in [-0.1, -0.05) is 36.4 Å². The van der Waals surface area contributed by atoms with E-state index in [-0.39, 0.29) is 12.5 Å². The Bertz CT molecular complexity index is 1210. The second kappa shape index (κ2) is 10.5. The lowest BCUT2D eigenvalue weighted by Gasteiger charge is -2.09. The first-order valence-electron chi connectivity index (χ1n) is 10.1. The summed E-state index contributed by atoms with van der Waals surface area (Å²) in [7, 11) is 0. The van der Waals surface area contributed by atoms with E-state index in [1.165, 1.54) is 0 Å². The minimum atomic E-state index is -0.561. The van der Waals surface area contributed by atoms with Gasteiger partial charge in [-0.2, -0.15) is 5.10 Å². The van der Waals surface area contributed by atoms with Crippen molar-refractivity contribution in [3.63, 3.8) is 0 Å². The number of nitrogens with zero attached hydrogens (tertiary/aromatic N) is 1. The van der Waals surface area contributed by atoms with E-state index in [2.05, 4.69) is 15.8 Å². The van der Waals surface area contributed by atoms with Gasteiger partial charge in [-0.05, 0) is 59.9 Å². The van der Waals surface area contributed by atoms with E-state index in [1.807, 2.05) is 36.6 Å². The van der Waals surface area contributed by atoms with Gasteiger partial charge in [-0.25, -0.2) is 5.43 Å². The maximum absolute atomic E-state index is 12.9. The minimum absolute atomic E-state index is 0.0394. The van der Waals surface area contributed by atoms with Gasteiger partial charge >= 0.3 is 0 Å². The van der Waals surface area contributed by atoms with Crippen LogP contribution in [0.1, 0.15) is 21.5 Å². The molecule has 0 unspecified atom stereocenters. The van der Waals surface area contributed by atoms with Crippen molar-refractivity contribution in [3.8, 4) is 11.5 Å². The zero-order valence-corrected chi connectivity index (χ0v) is 18.6. The first-order chi connectivity index (χ1) is 16.1. The second-order valence-corrected chi connectivity index (χ2v) is 7.84. The van der Waals surface area contributed by atoms with Crippen LogP contribution in [-0.2, 0) is 4.79 Å². The summed E-state index contributed by atoms with van der Waals surface area (Å²) in [4.78, 5) is 26.7. The van der Waals surface area contributed by atoms with Crippen LogP contribution in [-0.4, -0.2) is 31.1 Å². The van der Waals surface area contributed by atoms with Crippen molar-refractivity contribution < 1.29 is 19.1 Å². The smallest absolute Gasteiger partial charge is 0.287 e. The Labute approximate surface area is 195 Å². The quantitative estimate of drug-likeness (QED) is 0.241. The molecule has 1 aliphatic rings. The minimum Gasteiger partial charge on any atom is -0.454 e. The molecule has 1 heterocycles. The summed E-state index contributed by atoms with van der Waals surface area (Å²) in [5.41, 5.74) is 4.44. The van der Waals surface area contributed by atoms with Gasteiger partial charge in [0.1, 0.15) is 5.70 Å². The molecule has 0 radical (unpaired) electrons. The standard InChI is InChI=1S/C25H21N3O4S/c1-33-20-10-7-17(8-11-20)15-26-28-25(30)21(27-24(29)19-5-3-2-4-6-19)13-18-9-12-22-23(14-18)32-16-31-22/h2-15H,16H2,1H3,(H,27,29)(H,28,30)/b21-13-,26-15-. The molecule has 1 aliphatic heterocycles. The molecule has 2 N–H and O–H groups in total. The van der Waals surface area contributed by atoms with Gasteiger partial charge in [0.25, 0.3) is 11.8 Å². The molecule has 3 aromatic carbocycles. The number of nitrogens with one attached hydrogen (secondary N) is 2. The van der Waals surface area contributed by atoms with Gasteiger partial charge < -0.3 is 14.8 Å². The Morgan fingerprint density at radius 1 is 0.939 bits per heavy atom. The fourth-order valence-electron chi connectivity index (χ4n) is 3.03. The van der Waals surface area contributed by atoms with Crippen LogP contribution in [0, 0.1) is 0 Å². The molecule has 166 valence electrons. The van der Waals surface area contributed by atoms with Crippen LogP contribution < -0.4 is 20.2 Å². The molecule has 0 bridgehead atoms. The van der Waals surface area contributed by atoms with Crippen molar-refractivity contribution in [2.75, 3.05) is 13.0 Å². The molecule has 4 rings (SSSR count). The highest BCUT2D eigenvalue weighted by Gasteiger charge is 2.16. The van der Waals surface area contributed by atoms with Gasteiger partial charge in [0, 0.05) is 10.5 Å². The first-order valence-corrected chi connectivity index (χ1v) is 11.3. The highest BCUT2D eigenvalue weighted by molar-refractivity contribution is 7.98. The summed E-state index contributed by atoms with van der Waals surface area (Å²) >= 11 is 1.64. The lowest BCUT2D eigenvalue weighted by atomic mass is 10.1. The summed E-state index contributed by atoms with van der Waals surface area (Å²) in [5.74, 6) is 0.233. The summed E-state index contributed by atoms with van der Waals surface area (Å²) in [6, 6.07) is 21.7. The van der Waals surface area contributed by atoms with E-state index in [1.54, 1.807) is 66.5 Å². The molecule has 8 heteroatoms. The second-order valence-electron chi connectivity index (χ2n) is 6.96. The fraction of sp³-hybridized carbons (Fsp3) is 0.0800. The van der Waals surface area contributed by atoms with Crippen LogP contribution in [0.15, 0.2) is 88.5 Å². The van der Waals surface area contributed by atoms with Gasteiger partial charge in [-0.15, -0.1) is 11.8 Å². The molecule has 0 saturated heterocycles. The third kappa shape index (κ3) is 5.81. The third-order valence-electron chi connectivity index (χ3n) is 4.73. The zero-order chi connectivity index (χ0) is 23.0. The maximum atomic E-state index is 12.9. The predicted octanol–water partition coefficient (Wildman–Crippen LogP) is 4.06. The average Bonchev–Trinajstić information content (AvgIpc) is 3.32.